The molecule has 1 aliphatic carbocycles. The molecule has 2 aliphatic rings. The summed E-state index contributed by atoms with van der Waals surface area (Å²) in [6.07, 6.45) is 2.72. The molecule has 1 aromatic rings. The monoisotopic (exact) mass is 288 g/mol. The maximum atomic E-state index is 12.5. The Kier molecular flexibility index (Phi) is 4.27. The number of piperazine rings is 1. The van der Waals surface area contributed by atoms with Gasteiger partial charge < -0.3 is 4.74 Å². The normalized spacial score (nSPS) is 20.5. The van der Waals surface area contributed by atoms with Gasteiger partial charge in [0.15, 0.2) is 5.78 Å². The van der Waals surface area contributed by atoms with Gasteiger partial charge in [0.1, 0.15) is 5.75 Å². The minimum atomic E-state index is 0.159. The van der Waals surface area contributed by atoms with Crippen molar-refractivity contribution in [1.82, 2.24) is 9.80 Å². The molecule has 1 heterocycles. The van der Waals surface area contributed by atoms with E-state index in [1.807, 2.05) is 25.1 Å². The average molecular weight is 288 g/mol. The molecule has 1 saturated heterocycles. The summed E-state index contributed by atoms with van der Waals surface area (Å²) in [6.45, 7) is 6.70. The highest BCUT2D eigenvalue weighted by Crippen LogP contribution is 2.27. The Morgan fingerprint density at radius 2 is 1.95 bits per heavy atom. The number of methoxy groups -OCH3 is 1. The molecule has 0 unspecified atom stereocenters. The highest BCUT2D eigenvalue weighted by Gasteiger charge is 2.31. The van der Waals surface area contributed by atoms with Crippen LogP contribution < -0.4 is 4.74 Å². The van der Waals surface area contributed by atoms with Gasteiger partial charge in [-0.15, -0.1) is 0 Å². The first-order chi connectivity index (χ1) is 10.2. The second-order valence-corrected chi connectivity index (χ2v) is 6.17. The number of hydrogen-bond acceptors (Lipinski definition) is 4. The van der Waals surface area contributed by atoms with Crippen LogP contribution in [-0.2, 0) is 0 Å². The van der Waals surface area contributed by atoms with Crippen LogP contribution in [0.3, 0.4) is 0 Å². The number of rotatable bonds is 5. The molecule has 1 aliphatic heterocycles. The summed E-state index contributed by atoms with van der Waals surface area (Å²) >= 11 is 0. The Morgan fingerprint density at radius 3 is 2.57 bits per heavy atom. The van der Waals surface area contributed by atoms with Gasteiger partial charge in [0.05, 0.1) is 19.2 Å². The first-order valence-electron chi connectivity index (χ1n) is 7.81. The van der Waals surface area contributed by atoms with Crippen LogP contribution in [0.1, 0.15) is 28.8 Å². The van der Waals surface area contributed by atoms with Gasteiger partial charge in [-0.1, -0.05) is 6.07 Å². The van der Waals surface area contributed by atoms with Crippen molar-refractivity contribution in [2.75, 3.05) is 39.8 Å². The molecule has 4 heteroatoms. The second kappa shape index (κ2) is 6.16. The lowest BCUT2D eigenvalue weighted by Crippen LogP contribution is -2.48. The molecule has 0 amide bonds. The summed E-state index contributed by atoms with van der Waals surface area (Å²) in [6, 6.07) is 6.62. The molecule has 0 N–H and O–H groups in total. The molecular weight excluding hydrogens is 264 g/mol. The average Bonchev–Trinajstić information content (AvgIpc) is 3.32. The van der Waals surface area contributed by atoms with E-state index in [2.05, 4.69) is 9.80 Å². The fourth-order valence-electron chi connectivity index (χ4n) is 3.04. The van der Waals surface area contributed by atoms with E-state index in [9.17, 15) is 4.79 Å². The summed E-state index contributed by atoms with van der Waals surface area (Å²) in [5, 5.41) is 0. The number of ketones is 1. The smallest absolute Gasteiger partial charge is 0.180 e. The van der Waals surface area contributed by atoms with Gasteiger partial charge in [-0.05, 0) is 37.5 Å². The molecule has 4 nitrogen and oxygen atoms in total. The minimum absolute atomic E-state index is 0.159. The molecule has 21 heavy (non-hydrogen) atoms. The summed E-state index contributed by atoms with van der Waals surface area (Å²) in [5.74, 6) is 0.850. The number of ether oxygens (including phenoxy) is 1. The summed E-state index contributed by atoms with van der Waals surface area (Å²) in [4.78, 5) is 17.3. The maximum absolute atomic E-state index is 12.5. The number of nitrogens with zero attached hydrogens (tertiary/aromatic N) is 2. The summed E-state index contributed by atoms with van der Waals surface area (Å²) in [7, 11) is 1.62. The predicted molar refractivity (Wildman–Crippen MR) is 83.1 cm³/mol. The molecule has 0 bridgehead atoms. The molecular formula is C17H24N2O2. The predicted octanol–water partition coefficient (Wildman–Crippen LogP) is 1.97. The standard InChI is InChI=1S/C17H24N2O2/c1-13-3-6-15(17(11-13)21-2)16(20)12-18-7-9-19(10-8-18)14-4-5-14/h3,6,11,14H,4-5,7-10,12H2,1-2H3. The van der Waals surface area contributed by atoms with Crippen LogP contribution in [0, 0.1) is 6.92 Å². The van der Waals surface area contributed by atoms with Crippen LogP contribution in [-0.4, -0.2) is 61.5 Å². The largest absolute Gasteiger partial charge is 0.496 e. The lowest BCUT2D eigenvalue weighted by Gasteiger charge is -2.34. The molecule has 3 rings (SSSR count). The quantitative estimate of drug-likeness (QED) is 0.776. The van der Waals surface area contributed by atoms with Crippen LogP contribution in [0.2, 0.25) is 0 Å². The van der Waals surface area contributed by atoms with E-state index in [4.69, 9.17) is 4.74 Å². The second-order valence-electron chi connectivity index (χ2n) is 6.17. The number of Topliss-reactive ketones (excluding diaryl/α,β-unsaturated/α-hetero) is 1. The number of carbonyl (C=O) groups is 1. The molecule has 2 fully saturated rings. The van der Waals surface area contributed by atoms with Crippen LogP contribution >= 0.6 is 0 Å². The molecule has 1 aromatic carbocycles. The molecule has 0 aromatic heterocycles. The van der Waals surface area contributed by atoms with Gasteiger partial charge in [-0.2, -0.15) is 0 Å². The maximum Gasteiger partial charge on any atom is 0.180 e. The van der Waals surface area contributed by atoms with Crippen molar-refractivity contribution in [3.05, 3.63) is 29.3 Å². The zero-order valence-corrected chi connectivity index (χ0v) is 13.0. The van der Waals surface area contributed by atoms with Crippen molar-refractivity contribution in [3.8, 4) is 5.75 Å². The third kappa shape index (κ3) is 3.44. The van der Waals surface area contributed by atoms with E-state index in [0.29, 0.717) is 17.9 Å². The van der Waals surface area contributed by atoms with Crippen molar-refractivity contribution in [3.63, 3.8) is 0 Å². The Morgan fingerprint density at radius 1 is 1.24 bits per heavy atom. The van der Waals surface area contributed by atoms with Crippen molar-refractivity contribution in [1.29, 1.82) is 0 Å². The topological polar surface area (TPSA) is 32.8 Å². The Bertz CT molecular complexity index is 518. The fourth-order valence-corrected chi connectivity index (χ4v) is 3.04. The van der Waals surface area contributed by atoms with Crippen LogP contribution in [0.5, 0.6) is 5.75 Å². The Labute approximate surface area is 126 Å². The third-order valence-corrected chi connectivity index (χ3v) is 4.49. The van der Waals surface area contributed by atoms with Crippen molar-refractivity contribution < 1.29 is 9.53 Å². The van der Waals surface area contributed by atoms with Crippen molar-refractivity contribution in [2.24, 2.45) is 0 Å². The van der Waals surface area contributed by atoms with Crippen LogP contribution in [0.15, 0.2) is 18.2 Å². The zero-order chi connectivity index (χ0) is 14.8. The van der Waals surface area contributed by atoms with Crippen LogP contribution in [0.25, 0.3) is 0 Å². The van der Waals surface area contributed by atoms with Crippen LogP contribution in [0.4, 0.5) is 0 Å². The van der Waals surface area contributed by atoms with E-state index in [0.717, 1.165) is 37.8 Å². The number of aryl methyl sites for hydroxylation is 1. The van der Waals surface area contributed by atoms with Gasteiger partial charge in [-0.3, -0.25) is 14.6 Å². The third-order valence-electron chi connectivity index (χ3n) is 4.49. The van der Waals surface area contributed by atoms with Gasteiger partial charge in [0, 0.05) is 32.2 Å². The summed E-state index contributed by atoms with van der Waals surface area (Å²) in [5.41, 5.74) is 1.81. The molecule has 0 radical (unpaired) electrons. The fraction of sp³-hybridized carbons (Fsp3) is 0.588. The first-order valence-corrected chi connectivity index (χ1v) is 7.81. The highest BCUT2D eigenvalue weighted by molar-refractivity contribution is 6.00. The molecule has 114 valence electrons. The van der Waals surface area contributed by atoms with E-state index in [1.54, 1.807) is 7.11 Å². The van der Waals surface area contributed by atoms with E-state index in [-0.39, 0.29) is 5.78 Å². The van der Waals surface area contributed by atoms with Crippen molar-refractivity contribution in [2.45, 2.75) is 25.8 Å². The number of carbonyl (C=O) groups excluding carboxylic acids is 1. The Hall–Kier alpha value is -1.39. The minimum Gasteiger partial charge on any atom is -0.496 e. The Balaban J connectivity index is 1.59. The number of hydrogen-bond donors (Lipinski definition) is 0. The molecule has 0 spiro atoms. The molecule has 0 atom stereocenters. The lowest BCUT2D eigenvalue weighted by atomic mass is 10.1. The van der Waals surface area contributed by atoms with Gasteiger partial charge in [-0.25, -0.2) is 0 Å². The lowest BCUT2D eigenvalue weighted by molar-refractivity contribution is 0.0841. The van der Waals surface area contributed by atoms with Gasteiger partial charge in [0.2, 0.25) is 0 Å². The van der Waals surface area contributed by atoms with Crippen molar-refractivity contribution >= 4 is 5.78 Å². The summed E-state index contributed by atoms with van der Waals surface area (Å²) < 4.78 is 5.35. The van der Waals surface area contributed by atoms with E-state index >= 15 is 0 Å². The SMILES string of the molecule is COc1cc(C)ccc1C(=O)CN1CCN(C2CC2)CC1. The van der Waals surface area contributed by atoms with E-state index in [1.165, 1.54) is 12.8 Å². The van der Waals surface area contributed by atoms with E-state index < -0.39 is 0 Å². The zero-order valence-electron chi connectivity index (χ0n) is 13.0. The molecule has 1 saturated carbocycles. The number of benzene rings is 1. The highest BCUT2D eigenvalue weighted by atomic mass is 16.5. The van der Waals surface area contributed by atoms with Gasteiger partial charge in [0.25, 0.3) is 0 Å². The first kappa shape index (κ1) is 14.5. The van der Waals surface area contributed by atoms with Gasteiger partial charge >= 0.3 is 0 Å².